The molecule has 1 aromatic carbocycles. The number of methoxy groups -OCH3 is 2. The molecule has 2 rings (SSSR count). The van der Waals surface area contributed by atoms with E-state index in [4.69, 9.17) is 15.2 Å². The van der Waals surface area contributed by atoms with Crippen LogP contribution in [0.2, 0.25) is 0 Å². The number of nitrogens with two attached hydrogens (primary N) is 1. The van der Waals surface area contributed by atoms with Crippen molar-refractivity contribution < 1.29 is 9.47 Å². The van der Waals surface area contributed by atoms with Crippen LogP contribution in [-0.2, 0) is 12.0 Å². The Hall–Kier alpha value is -2.07. The molecule has 1 aromatic heterocycles. The summed E-state index contributed by atoms with van der Waals surface area (Å²) in [5, 5.41) is 0. The summed E-state index contributed by atoms with van der Waals surface area (Å²) in [4.78, 5) is 4.32. The van der Waals surface area contributed by atoms with Crippen LogP contribution in [-0.4, -0.2) is 19.2 Å². The second-order valence-electron chi connectivity index (χ2n) is 5.47. The molecule has 0 aliphatic rings. The molecule has 2 N–H and O–H groups in total. The lowest BCUT2D eigenvalue weighted by atomic mass is 9.87. The molecule has 21 heavy (non-hydrogen) atoms. The van der Waals surface area contributed by atoms with Gasteiger partial charge in [0.2, 0.25) is 0 Å². The molecule has 4 heteroatoms. The van der Waals surface area contributed by atoms with Crippen molar-refractivity contribution in [2.24, 2.45) is 5.73 Å². The summed E-state index contributed by atoms with van der Waals surface area (Å²) < 4.78 is 10.6. The fraction of sp³-hybridized carbons (Fsp3) is 0.353. The Bertz CT molecular complexity index is 607. The van der Waals surface area contributed by atoms with Crippen LogP contribution in [0.15, 0.2) is 36.5 Å². The molecule has 0 radical (unpaired) electrons. The van der Waals surface area contributed by atoms with Crippen LogP contribution in [0.1, 0.15) is 23.7 Å². The van der Waals surface area contributed by atoms with Gasteiger partial charge in [-0.3, -0.25) is 4.98 Å². The van der Waals surface area contributed by atoms with Crippen LogP contribution in [0.4, 0.5) is 0 Å². The molecule has 1 heterocycles. The Morgan fingerprint density at radius 2 is 1.81 bits per heavy atom. The zero-order chi connectivity index (χ0) is 15.5. The first-order chi connectivity index (χ1) is 9.96. The first-order valence-corrected chi connectivity index (χ1v) is 6.89. The van der Waals surface area contributed by atoms with Gasteiger partial charge < -0.3 is 15.2 Å². The van der Waals surface area contributed by atoms with E-state index < -0.39 is 5.54 Å². The maximum atomic E-state index is 6.47. The Balaban J connectivity index is 2.25. The van der Waals surface area contributed by atoms with E-state index in [1.54, 1.807) is 14.2 Å². The fourth-order valence-electron chi connectivity index (χ4n) is 2.32. The molecule has 0 aliphatic heterocycles. The maximum absolute atomic E-state index is 6.47. The summed E-state index contributed by atoms with van der Waals surface area (Å²) in [6, 6.07) is 9.88. The summed E-state index contributed by atoms with van der Waals surface area (Å²) in [5.74, 6) is 1.44. The summed E-state index contributed by atoms with van der Waals surface area (Å²) in [7, 11) is 3.26. The molecule has 1 unspecified atom stereocenters. The highest BCUT2D eigenvalue weighted by Gasteiger charge is 2.22. The van der Waals surface area contributed by atoms with Crippen LogP contribution >= 0.6 is 0 Å². The monoisotopic (exact) mass is 286 g/mol. The van der Waals surface area contributed by atoms with Gasteiger partial charge in [-0.1, -0.05) is 12.1 Å². The van der Waals surface area contributed by atoms with Gasteiger partial charge in [-0.05, 0) is 49.6 Å². The third kappa shape index (κ3) is 3.52. The SMILES string of the molecule is COc1ccc(CC(C)(N)c2ccc(C)nc2)cc1OC. The number of benzene rings is 1. The van der Waals surface area contributed by atoms with Crippen LogP contribution in [0.5, 0.6) is 11.5 Å². The lowest BCUT2D eigenvalue weighted by Crippen LogP contribution is -2.35. The van der Waals surface area contributed by atoms with E-state index >= 15 is 0 Å². The van der Waals surface area contributed by atoms with Crippen molar-refractivity contribution in [2.45, 2.75) is 25.8 Å². The molecule has 2 aromatic rings. The quantitative estimate of drug-likeness (QED) is 0.918. The van der Waals surface area contributed by atoms with E-state index in [1.807, 2.05) is 50.4 Å². The number of ether oxygens (including phenoxy) is 2. The van der Waals surface area contributed by atoms with Crippen molar-refractivity contribution in [3.8, 4) is 11.5 Å². The van der Waals surface area contributed by atoms with E-state index in [0.29, 0.717) is 12.2 Å². The number of aryl methyl sites for hydroxylation is 1. The molecular weight excluding hydrogens is 264 g/mol. The van der Waals surface area contributed by atoms with Gasteiger partial charge in [0.15, 0.2) is 11.5 Å². The van der Waals surface area contributed by atoms with Gasteiger partial charge >= 0.3 is 0 Å². The molecule has 0 saturated heterocycles. The molecular formula is C17H22N2O2. The van der Waals surface area contributed by atoms with Crippen LogP contribution in [0, 0.1) is 6.92 Å². The molecule has 0 spiro atoms. The number of pyridine rings is 1. The van der Waals surface area contributed by atoms with Gasteiger partial charge in [-0.25, -0.2) is 0 Å². The number of rotatable bonds is 5. The van der Waals surface area contributed by atoms with Gasteiger partial charge in [0.05, 0.1) is 14.2 Å². The van der Waals surface area contributed by atoms with Gasteiger partial charge in [0, 0.05) is 17.4 Å². The molecule has 0 aliphatic carbocycles. The Morgan fingerprint density at radius 1 is 1.10 bits per heavy atom. The lowest BCUT2D eigenvalue weighted by molar-refractivity contribution is 0.354. The van der Waals surface area contributed by atoms with Gasteiger partial charge in [0.1, 0.15) is 0 Å². The number of hydrogen-bond acceptors (Lipinski definition) is 4. The van der Waals surface area contributed by atoms with E-state index in [2.05, 4.69) is 4.98 Å². The number of nitrogens with zero attached hydrogens (tertiary/aromatic N) is 1. The van der Waals surface area contributed by atoms with Crippen LogP contribution in [0.3, 0.4) is 0 Å². The smallest absolute Gasteiger partial charge is 0.160 e. The standard InChI is InChI=1S/C17H22N2O2/c1-12-5-7-14(11-19-12)17(2,18)10-13-6-8-15(20-3)16(9-13)21-4/h5-9,11H,10,18H2,1-4H3. The molecule has 0 bridgehead atoms. The largest absolute Gasteiger partial charge is 0.493 e. The van der Waals surface area contributed by atoms with E-state index in [-0.39, 0.29) is 0 Å². The maximum Gasteiger partial charge on any atom is 0.160 e. The molecule has 4 nitrogen and oxygen atoms in total. The van der Waals surface area contributed by atoms with Gasteiger partial charge in [0.25, 0.3) is 0 Å². The topological polar surface area (TPSA) is 57.4 Å². The molecule has 0 amide bonds. The van der Waals surface area contributed by atoms with E-state index in [1.165, 1.54) is 0 Å². The molecule has 1 atom stereocenters. The highest BCUT2D eigenvalue weighted by atomic mass is 16.5. The molecule has 0 fully saturated rings. The fourth-order valence-corrected chi connectivity index (χ4v) is 2.32. The minimum atomic E-state index is -0.486. The molecule has 112 valence electrons. The zero-order valence-corrected chi connectivity index (χ0v) is 13.0. The number of aromatic nitrogens is 1. The average molecular weight is 286 g/mol. The lowest BCUT2D eigenvalue weighted by Gasteiger charge is -2.25. The number of hydrogen-bond donors (Lipinski definition) is 1. The highest BCUT2D eigenvalue weighted by molar-refractivity contribution is 5.43. The van der Waals surface area contributed by atoms with Crippen molar-refractivity contribution in [1.29, 1.82) is 0 Å². The van der Waals surface area contributed by atoms with E-state index in [9.17, 15) is 0 Å². The first-order valence-electron chi connectivity index (χ1n) is 6.89. The van der Waals surface area contributed by atoms with Crippen molar-refractivity contribution in [3.05, 3.63) is 53.3 Å². The van der Waals surface area contributed by atoms with Gasteiger partial charge in [-0.15, -0.1) is 0 Å². The minimum absolute atomic E-state index is 0.486. The second-order valence-corrected chi connectivity index (χ2v) is 5.47. The second kappa shape index (κ2) is 6.14. The van der Waals surface area contributed by atoms with Crippen molar-refractivity contribution in [1.82, 2.24) is 4.98 Å². The normalized spacial score (nSPS) is 13.6. The Labute approximate surface area is 125 Å². The van der Waals surface area contributed by atoms with Crippen LogP contribution in [0.25, 0.3) is 0 Å². The summed E-state index contributed by atoms with van der Waals surface area (Å²) in [6.07, 6.45) is 2.54. The van der Waals surface area contributed by atoms with Crippen molar-refractivity contribution in [2.75, 3.05) is 14.2 Å². The summed E-state index contributed by atoms with van der Waals surface area (Å²) in [5.41, 5.74) is 9.08. The third-order valence-electron chi connectivity index (χ3n) is 3.59. The van der Waals surface area contributed by atoms with Crippen LogP contribution < -0.4 is 15.2 Å². The van der Waals surface area contributed by atoms with Gasteiger partial charge in [-0.2, -0.15) is 0 Å². The van der Waals surface area contributed by atoms with Crippen molar-refractivity contribution >= 4 is 0 Å². The first kappa shape index (κ1) is 15.3. The Kier molecular flexibility index (Phi) is 4.48. The summed E-state index contributed by atoms with van der Waals surface area (Å²) >= 11 is 0. The predicted molar refractivity (Wildman–Crippen MR) is 83.8 cm³/mol. The predicted octanol–water partition coefficient (Wildman–Crippen LogP) is 2.82. The summed E-state index contributed by atoms with van der Waals surface area (Å²) in [6.45, 7) is 3.97. The third-order valence-corrected chi connectivity index (χ3v) is 3.59. The average Bonchev–Trinajstić information content (AvgIpc) is 2.47. The van der Waals surface area contributed by atoms with E-state index in [0.717, 1.165) is 22.6 Å². The highest BCUT2D eigenvalue weighted by Crippen LogP contribution is 2.30. The van der Waals surface area contributed by atoms with Crippen molar-refractivity contribution in [3.63, 3.8) is 0 Å². The molecule has 0 saturated carbocycles. The minimum Gasteiger partial charge on any atom is -0.493 e. The zero-order valence-electron chi connectivity index (χ0n) is 13.0. The Morgan fingerprint density at radius 3 is 2.38 bits per heavy atom.